The molecule has 19 rings (SSSR count). The molecule has 0 saturated carbocycles. The highest BCUT2D eigenvalue weighted by molar-refractivity contribution is 6.12. The Hall–Kier alpha value is -15.6. The molecule has 0 amide bonds. The molecule has 8 heteroatoms. The average molecular weight is 1590 g/mol. The van der Waals surface area contributed by atoms with E-state index in [0.29, 0.717) is 12.1 Å². The maximum Gasteiger partial charge on any atom is 0.0928 e. The molecule has 1 N–H and O–H groups in total. The molecule has 1 aliphatic rings. The van der Waals surface area contributed by atoms with Crippen molar-refractivity contribution in [3.05, 3.63) is 477 Å². The Morgan fingerprint density at radius 3 is 1.46 bits per heavy atom. The first kappa shape index (κ1) is 77.3. The molecule has 0 aliphatic carbocycles. The zero-order valence-electron chi connectivity index (χ0n) is 69.5. The molecule has 2 unspecified atom stereocenters. The predicted molar refractivity (Wildman–Crippen MR) is 522 cm³/mol. The highest BCUT2D eigenvalue weighted by Crippen LogP contribution is 2.57. The van der Waals surface area contributed by atoms with Crippen molar-refractivity contribution in [3.8, 4) is 56.1 Å². The Balaban J connectivity index is 0.667. The molecule has 5 heterocycles. The van der Waals surface area contributed by atoms with Crippen LogP contribution in [0.3, 0.4) is 0 Å². The number of anilines is 3. The number of hydrogen-bond acceptors (Lipinski definition) is 4. The number of fused-ring (bicyclic) bond motifs is 9. The predicted octanol–water partition coefficient (Wildman–Crippen LogP) is 31.4. The van der Waals surface area contributed by atoms with E-state index in [1.807, 2.05) is 42.5 Å². The van der Waals surface area contributed by atoms with Crippen LogP contribution in [-0.4, -0.2) is 18.3 Å². The molecule has 14 aromatic carbocycles. The van der Waals surface area contributed by atoms with E-state index in [2.05, 4.69) is 445 Å². The van der Waals surface area contributed by atoms with Gasteiger partial charge < -0.3 is 28.1 Å². The fraction of sp³-hybridized carbons (Fsp3) is 0.0609. The Kier molecular flexibility index (Phi) is 20.9. The van der Waals surface area contributed by atoms with Gasteiger partial charge in [-0.1, -0.05) is 258 Å². The van der Waals surface area contributed by atoms with Gasteiger partial charge in [-0.2, -0.15) is 5.11 Å². The van der Waals surface area contributed by atoms with Crippen LogP contribution < -0.4 is 9.80 Å². The van der Waals surface area contributed by atoms with E-state index < -0.39 is 0 Å². The van der Waals surface area contributed by atoms with Crippen LogP contribution >= 0.6 is 0 Å². The highest BCUT2D eigenvalue weighted by Gasteiger charge is 2.41. The summed E-state index contributed by atoms with van der Waals surface area (Å²) in [6, 6.07) is 120. The normalized spacial score (nSPS) is 13.7. The first-order valence-electron chi connectivity index (χ1n) is 42.2. The summed E-state index contributed by atoms with van der Waals surface area (Å²) < 4.78 is 9.58. The van der Waals surface area contributed by atoms with Gasteiger partial charge in [-0.15, -0.1) is 0 Å². The van der Waals surface area contributed by atoms with Crippen LogP contribution in [0.15, 0.2) is 443 Å². The van der Waals surface area contributed by atoms with E-state index >= 15 is 0 Å². The molecular weight excluding hydrogens is 1490 g/mol. The Morgan fingerprint density at radius 2 is 0.894 bits per heavy atom. The molecule has 0 spiro atoms. The van der Waals surface area contributed by atoms with Gasteiger partial charge in [-0.3, -0.25) is 0 Å². The lowest BCUT2D eigenvalue weighted by Crippen LogP contribution is -2.18. The minimum absolute atomic E-state index is 0.0361. The zero-order valence-corrected chi connectivity index (χ0v) is 69.5. The number of nitrogens with one attached hydrogen (secondary N) is 1. The van der Waals surface area contributed by atoms with Crippen molar-refractivity contribution in [1.29, 1.82) is 5.53 Å². The third-order valence-electron chi connectivity index (χ3n) is 24.4. The third kappa shape index (κ3) is 13.9. The van der Waals surface area contributed by atoms with Crippen LogP contribution in [0.2, 0.25) is 0 Å². The Morgan fingerprint density at radius 1 is 0.439 bits per heavy atom. The topological polar surface area (TPSA) is 62.4 Å². The summed E-state index contributed by atoms with van der Waals surface area (Å²) in [5, 5.41) is 11.4. The lowest BCUT2D eigenvalue weighted by molar-refractivity contribution is 0.661. The second-order valence-corrected chi connectivity index (χ2v) is 31.6. The number of allylic oxidation sites excluding steroid dienone is 12. The van der Waals surface area contributed by atoms with E-state index in [-0.39, 0.29) is 11.8 Å². The van der Waals surface area contributed by atoms with Crippen LogP contribution in [0, 0.1) is 5.53 Å². The number of nitrogens with zero attached hydrogens (tertiary/aromatic N) is 7. The number of aromatic nitrogens is 4. The van der Waals surface area contributed by atoms with Crippen molar-refractivity contribution in [3.63, 3.8) is 0 Å². The molecule has 0 bridgehead atoms. The number of para-hydroxylation sites is 7. The van der Waals surface area contributed by atoms with Gasteiger partial charge in [0.15, 0.2) is 0 Å². The molecule has 0 fully saturated rings. The van der Waals surface area contributed by atoms with Crippen molar-refractivity contribution < 1.29 is 0 Å². The van der Waals surface area contributed by atoms with Gasteiger partial charge in [0.05, 0.1) is 44.5 Å². The van der Waals surface area contributed by atoms with Crippen molar-refractivity contribution in [2.24, 2.45) is 5.11 Å². The summed E-state index contributed by atoms with van der Waals surface area (Å²) in [4.78, 5) is 4.58. The molecule has 0 radical (unpaired) electrons. The van der Waals surface area contributed by atoms with Crippen molar-refractivity contribution >= 4 is 106 Å². The van der Waals surface area contributed by atoms with Gasteiger partial charge in [0.25, 0.3) is 0 Å². The van der Waals surface area contributed by atoms with Crippen LogP contribution in [0.5, 0.6) is 0 Å². The Labute approximate surface area is 719 Å². The molecule has 8 nitrogen and oxygen atoms in total. The van der Waals surface area contributed by atoms with Crippen LogP contribution in [0.1, 0.15) is 78.7 Å². The molecule has 592 valence electrons. The molecule has 18 aromatic rings. The Bertz CT molecular complexity index is 7400. The van der Waals surface area contributed by atoms with Crippen molar-refractivity contribution in [2.75, 3.05) is 9.80 Å². The average Bonchev–Trinajstić information content (AvgIpc) is 1.56. The quantitative estimate of drug-likeness (QED) is 0.0484. The van der Waals surface area contributed by atoms with Crippen molar-refractivity contribution in [1.82, 2.24) is 18.3 Å². The lowest BCUT2D eigenvalue weighted by Gasteiger charge is -2.27. The minimum Gasteiger partial charge on any atom is -0.315 e. The first-order chi connectivity index (χ1) is 60.5. The molecule has 2 atom stereocenters. The zero-order chi connectivity index (χ0) is 83.8. The largest absolute Gasteiger partial charge is 0.315 e. The highest BCUT2D eigenvalue weighted by atomic mass is 15.2. The van der Waals surface area contributed by atoms with Crippen LogP contribution in [-0.2, 0) is 6.42 Å². The van der Waals surface area contributed by atoms with E-state index in [9.17, 15) is 0 Å². The summed E-state index contributed by atoms with van der Waals surface area (Å²) in [5.41, 5.74) is 41.6. The van der Waals surface area contributed by atoms with Crippen LogP contribution in [0.25, 0.3) is 139 Å². The van der Waals surface area contributed by atoms with Gasteiger partial charge >= 0.3 is 0 Å². The summed E-state index contributed by atoms with van der Waals surface area (Å²) in [5.74, 6) is -0.154. The molecule has 123 heavy (non-hydrogen) atoms. The fourth-order valence-electron chi connectivity index (χ4n) is 19.0. The molecule has 1 aliphatic heterocycles. The summed E-state index contributed by atoms with van der Waals surface area (Å²) in [7, 11) is 0. The standard InChI is InChI=1S/C115H92N8/c1-9-34-77(5)118(88-39-19-14-20-40-88)78(6)38-18-13-27-47-94-99-73-84(85-59-68-108-100(74-85)95-48-28-31-51-105(95)119(108)89-41-21-15-22-42-89)60-70-110(99)121(104(94)35-10-2)92-65-56-82(57-66-92)83-58-67-103(117-116)98(72-83)79(7)81-54-63-93(64-55-81)123-111-71-62-87(86-61-69-109-101(75-86)96-49-29-32-52-106(96)120(109)90-43-23-16-24-44-90)76-102(111)115(113(123)37-12-4)80(8)114-97-50-30-33-53-107(97)122(112(114)36-11-3)91-45-25-17-26-46-91/h9-46,48-76,80,115-116H,1,4,6-7,47H2,2-3,5,8H3/b27-13-,35-10-,36-11-,38-18-,77-34+,113-37+,117-116?. The van der Waals surface area contributed by atoms with Gasteiger partial charge in [-0.25, -0.2) is 5.53 Å². The van der Waals surface area contributed by atoms with Crippen LogP contribution in [0.4, 0.5) is 22.7 Å². The van der Waals surface area contributed by atoms with E-state index in [1.54, 1.807) is 0 Å². The van der Waals surface area contributed by atoms with E-state index in [4.69, 9.17) is 12.1 Å². The molecule has 0 saturated heterocycles. The SMILES string of the molecule is C=C/C=C(\C)N(C(=C)/C=C\C=C/Cc1c(/C=C\C)n(-c2ccc(-c3ccc(N=N)c(C(=C)c4ccc(N5/C(=C/C=C)C(C(C)c6c(/C=C\C)n(-c7ccccc7)c7ccccc67)c6cc(-c7ccc8c(c7)c7ccccc7n8-c7ccccc7)ccc65)cc4)c3)cc2)c2ccc(-c3ccc4c(c3)c3ccccc3n4-c3ccccc3)cc12)c1ccccc1. The monoisotopic (exact) mass is 1580 g/mol. The van der Waals surface area contributed by atoms with E-state index in [1.165, 1.54) is 60.0 Å². The van der Waals surface area contributed by atoms with Gasteiger partial charge in [-0.05, 0) is 276 Å². The van der Waals surface area contributed by atoms with Crippen molar-refractivity contribution in [2.45, 2.75) is 46.0 Å². The van der Waals surface area contributed by atoms with Gasteiger partial charge in [0.1, 0.15) is 0 Å². The summed E-state index contributed by atoms with van der Waals surface area (Å²) in [6.45, 7) is 26.4. The number of benzene rings is 14. The molecule has 4 aromatic heterocycles. The fourth-order valence-corrected chi connectivity index (χ4v) is 19.0. The second kappa shape index (κ2) is 33.3. The first-order valence-corrected chi connectivity index (χ1v) is 42.2. The number of rotatable bonds is 24. The maximum absolute atomic E-state index is 8.59. The maximum atomic E-state index is 8.59. The molecular formula is C115H92N8. The lowest BCUT2D eigenvalue weighted by atomic mass is 9.80. The van der Waals surface area contributed by atoms with Gasteiger partial charge in [0, 0.05) is 106 Å². The summed E-state index contributed by atoms with van der Waals surface area (Å²) in [6.07, 6.45) is 26.0. The number of hydrogen-bond donors (Lipinski definition) is 1. The van der Waals surface area contributed by atoms with E-state index in [0.717, 1.165) is 140 Å². The smallest absolute Gasteiger partial charge is 0.0928 e. The summed E-state index contributed by atoms with van der Waals surface area (Å²) >= 11 is 0. The minimum atomic E-state index is -0.118. The second-order valence-electron chi connectivity index (χ2n) is 31.6. The van der Waals surface area contributed by atoms with Gasteiger partial charge in [0.2, 0.25) is 0 Å². The third-order valence-corrected chi connectivity index (χ3v) is 24.4.